The average molecular weight is 367 g/mol. The molecule has 1 aliphatic rings. The number of fused-ring (bicyclic) bond motifs is 2. The van der Waals surface area contributed by atoms with Crippen LogP contribution in [0.5, 0.6) is 0 Å². The lowest BCUT2D eigenvalue weighted by atomic mass is 9.82. The maximum absolute atomic E-state index is 6.75. The molecule has 0 aliphatic heterocycles. The van der Waals surface area contributed by atoms with Crippen molar-refractivity contribution < 1.29 is 0 Å². The van der Waals surface area contributed by atoms with Crippen LogP contribution in [0.25, 0.3) is 33.1 Å². The molecule has 0 radical (unpaired) electrons. The molecule has 0 saturated carbocycles. The van der Waals surface area contributed by atoms with E-state index in [9.17, 15) is 0 Å². The smallest absolute Gasteiger partial charge is 0.0965 e. The maximum Gasteiger partial charge on any atom is 0.0965 e. The van der Waals surface area contributed by atoms with Crippen molar-refractivity contribution in [2.75, 3.05) is 0 Å². The predicted molar refractivity (Wildman–Crippen MR) is 113 cm³/mol. The Morgan fingerprint density at radius 1 is 1.07 bits per heavy atom. The van der Waals surface area contributed by atoms with Gasteiger partial charge in [-0.05, 0) is 46.9 Å². The highest BCUT2D eigenvalue weighted by Crippen LogP contribution is 2.36. The summed E-state index contributed by atoms with van der Waals surface area (Å²) in [5.41, 5.74) is 18.9. The fourth-order valence-corrected chi connectivity index (χ4v) is 3.99. The van der Waals surface area contributed by atoms with Crippen LogP contribution in [0.1, 0.15) is 12.0 Å². The van der Waals surface area contributed by atoms with Crippen LogP contribution in [0.4, 0.5) is 0 Å². The zero-order valence-electron chi connectivity index (χ0n) is 15.6. The summed E-state index contributed by atoms with van der Waals surface area (Å²) in [5, 5.41) is 1.21. The van der Waals surface area contributed by atoms with E-state index >= 15 is 0 Å². The second-order valence-electron chi connectivity index (χ2n) is 7.47. The van der Waals surface area contributed by atoms with E-state index in [0.717, 1.165) is 33.4 Å². The Bertz CT molecular complexity index is 1280. The second kappa shape index (κ2) is 6.04. The maximum atomic E-state index is 6.75. The van der Waals surface area contributed by atoms with E-state index in [-0.39, 0.29) is 0 Å². The van der Waals surface area contributed by atoms with Gasteiger partial charge in [-0.2, -0.15) is 0 Å². The van der Waals surface area contributed by atoms with Crippen LogP contribution in [-0.4, -0.2) is 14.5 Å². The van der Waals surface area contributed by atoms with Crippen LogP contribution < -0.4 is 11.5 Å². The lowest BCUT2D eigenvalue weighted by Crippen LogP contribution is -2.37. The molecule has 5 heteroatoms. The van der Waals surface area contributed by atoms with E-state index in [0.29, 0.717) is 6.42 Å². The van der Waals surface area contributed by atoms with Crippen LogP contribution in [0.2, 0.25) is 0 Å². The molecule has 4 aromatic rings. The summed E-state index contributed by atoms with van der Waals surface area (Å²) in [6.45, 7) is 0. The van der Waals surface area contributed by atoms with Crippen LogP contribution in [0.3, 0.4) is 0 Å². The Balaban J connectivity index is 1.76. The highest BCUT2D eigenvalue weighted by Gasteiger charge is 2.28. The summed E-state index contributed by atoms with van der Waals surface area (Å²) < 4.78 is 2.12. The molecule has 0 saturated heterocycles. The minimum Gasteiger partial charge on any atom is -0.402 e. The molecule has 138 valence electrons. The normalized spacial score (nSPS) is 19.3. The van der Waals surface area contributed by atoms with Crippen molar-refractivity contribution in [3.05, 3.63) is 84.5 Å². The van der Waals surface area contributed by atoms with Crippen LogP contribution in [0, 0.1) is 0 Å². The van der Waals surface area contributed by atoms with Gasteiger partial charge in [-0.25, -0.2) is 0 Å². The molecule has 1 atom stereocenters. The molecule has 5 nitrogen and oxygen atoms in total. The molecule has 28 heavy (non-hydrogen) atoms. The van der Waals surface area contributed by atoms with E-state index in [1.165, 1.54) is 10.9 Å². The van der Waals surface area contributed by atoms with Gasteiger partial charge in [0, 0.05) is 48.8 Å². The number of allylic oxidation sites excluding steroid dienone is 2. The summed E-state index contributed by atoms with van der Waals surface area (Å²) in [5.74, 6) is 0. The number of nitrogens with zero attached hydrogens (tertiary/aromatic N) is 3. The standard InChI is InChI=1S/C23H21N5/c1-28-10-6-15-4-5-16(11-21(15)28)19-12-17(13-20-22(19)27-9-8-26-20)23(25)7-2-3-18(24)14-23/h2-13H,14,24-25H2,1H3. The van der Waals surface area contributed by atoms with E-state index in [1.54, 1.807) is 12.4 Å². The highest BCUT2D eigenvalue weighted by atomic mass is 14.9. The van der Waals surface area contributed by atoms with Gasteiger partial charge in [-0.1, -0.05) is 24.3 Å². The van der Waals surface area contributed by atoms with Crippen molar-refractivity contribution in [2.24, 2.45) is 18.5 Å². The van der Waals surface area contributed by atoms with Crippen molar-refractivity contribution in [2.45, 2.75) is 12.0 Å². The van der Waals surface area contributed by atoms with E-state index in [1.807, 2.05) is 24.3 Å². The first kappa shape index (κ1) is 16.7. The molecule has 0 amide bonds. The molecular formula is C23H21N5. The van der Waals surface area contributed by atoms with Crippen LogP contribution >= 0.6 is 0 Å². The number of hydrogen-bond donors (Lipinski definition) is 2. The third-order valence-electron chi connectivity index (χ3n) is 5.51. The first-order valence-electron chi connectivity index (χ1n) is 9.27. The fourth-order valence-electron chi connectivity index (χ4n) is 3.99. The Hall–Kier alpha value is -3.44. The topological polar surface area (TPSA) is 82.8 Å². The third-order valence-corrected chi connectivity index (χ3v) is 5.51. The Kier molecular flexibility index (Phi) is 3.60. The number of hydrogen-bond acceptors (Lipinski definition) is 4. The van der Waals surface area contributed by atoms with Gasteiger partial charge in [-0.3, -0.25) is 9.97 Å². The third kappa shape index (κ3) is 2.60. The molecule has 0 bridgehead atoms. The van der Waals surface area contributed by atoms with E-state index < -0.39 is 5.54 Å². The quantitative estimate of drug-likeness (QED) is 0.565. The van der Waals surface area contributed by atoms with Crippen molar-refractivity contribution in [1.82, 2.24) is 14.5 Å². The van der Waals surface area contributed by atoms with Crippen LogP contribution in [-0.2, 0) is 12.6 Å². The van der Waals surface area contributed by atoms with Gasteiger partial charge in [-0.15, -0.1) is 0 Å². The van der Waals surface area contributed by atoms with E-state index in [2.05, 4.69) is 58.1 Å². The van der Waals surface area contributed by atoms with Crippen molar-refractivity contribution in [3.63, 3.8) is 0 Å². The van der Waals surface area contributed by atoms with E-state index in [4.69, 9.17) is 11.5 Å². The number of aryl methyl sites for hydroxylation is 1. The Morgan fingerprint density at radius 2 is 1.93 bits per heavy atom. The Morgan fingerprint density at radius 3 is 2.79 bits per heavy atom. The van der Waals surface area contributed by atoms with Gasteiger partial charge in [0.15, 0.2) is 0 Å². The molecular weight excluding hydrogens is 346 g/mol. The molecule has 2 aromatic heterocycles. The summed E-state index contributed by atoms with van der Waals surface area (Å²) in [4.78, 5) is 9.16. The summed E-state index contributed by atoms with van der Waals surface area (Å²) in [7, 11) is 2.05. The SMILES string of the molecule is Cn1ccc2ccc(-c3cc(C4(N)C=CC=C(N)C4)cc4nccnc34)cc21. The average Bonchev–Trinajstić information content (AvgIpc) is 3.07. The Labute approximate surface area is 163 Å². The zero-order valence-corrected chi connectivity index (χ0v) is 15.6. The first-order chi connectivity index (χ1) is 13.5. The van der Waals surface area contributed by atoms with Gasteiger partial charge in [0.2, 0.25) is 0 Å². The molecule has 2 heterocycles. The first-order valence-corrected chi connectivity index (χ1v) is 9.27. The molecule has 4 N–H and O–H groups in total. The molecule has 5 rings (SSSR count). The number of benzene rings is 2. The molecule has 1 aliphatic carbocycles. The molecule has 0 fully saturated rings. The molecule has 1 unspecified atom stereocenters. The number of nitrogens with two attached hydrogens (primary N) is 2. The minimum atomic E-state index is -0.658. The van der Waals surface area contributed by atoms with Gasteiger partial charge < -0.3 is 16.0 Å². The van der Waals surface area contributed by atoms with Gasteiger partial charge >= 0.3 is 0 Å². The molecule has 2 aromatic carbocycles. The summed E-state index contributed by atoms with van der Waals surface area (Å²) in [6.07, 6.45) is 11.9. The van der Waals surface area contributed by atoms with Gasteiger partial charge in [0.05, 0.1) is 16.6 Å². The van der Waals surface area contributed by atoms with Gasteiger partial charge in [0.1, 0.15) is 0 Å². The number of aromatic nitrogens is 3. The zero-order chi connectivity index (χ0) is 19.3. The van der Waals surface area contributed by atoms with Crippen molar-refractivity contribution in [3.8, 4) is 11.1 Å². The van der Waals surface area contributed by atoms with Crippen molar-refractivity contribution >= 4 is 21.9 Å². The predicted octanol–water partition coefficient (Wildman–Crippen LogP) is 3.75. The van der Waals surface area contributed by atoms with Gasteiger partial charge in [0.25, 0.3) is 0 Å². The molecule has 0 spiro atoms. The summed E-state index contributed by atoms with van der Waals surface area (Å²) in [6, 6.07) is 12.7. The lowest BCUT2D eigenvalue weighted by molar-refractivity contribution is 0.546. The monoisotopic (exact) mass is 367 g/mol. The second-order valence-corrected chi connectivity index (χ2v) is 7.47. The van der Waals surface area contributed by atoms with Crippen LogP contribution in [0.15, 0.2) is 78.9 Å². The number of rotatable bonds is 2. The minimum absolute atomic E-state index is 0.575. The summed E-state index contributed by atoms with van der Waals surface area (Å²) >= 11 is 0. The fraction of sp³-hybridized carbons (Fsp3) is 0.130. The largest absolute Gasteiger partial charge is 0.402 e. The highest BCUT2D eigenvalue weighted by molar-refractivity contribution is 5.95. The lowest BCUT2D eigenvalue weighted by Gasteiger charge is -2.29. The van der Waals surface area contributed by atoms with Crippen molar-refractivity contribution in [1.29, 1.82) is 0 Å².